The second-order valence-electron chi connectivity index (χ2n) is 7.55. The minimum absolute atomic E-state index is 0.00710. The molecule has 0 aliphatic carbocycles. The van der Waals surface area contributed by atoms with Crippen LogP contribution >= 0.6 is 0 Å². The number of aromatic nitrogens is 3. The van der Waals surface area contributed by atoms with Crippen LogP contribution in [0.25, 0.3) is 22.1 Å². The van der Waals surface area contributed by atoms with E-state index in [0.717, 1.165) is 0 Å². The number of nitrogens with zero attached hydrogens (tertiary/aromatic N) is 3. The molecule has 4 aromatic rings. The zero-order valence-electron chi connectivity index (χ0n) is 18.4. The first-order chi connectivity index (χ1) is 16.5. The summed E-state index contributed by atoms with van der Waals surface area (Å²) in [6.45, 7) is 2.27. The van der Waals surface area contributed by atoms with Gasteiger partial charge in [-0.25, -0.2) is 14.1 Å². The van der Waals surface area contributed by atoms with E-state index in [1.807, 2.05) is 6.92 Å². The molecular formula is C24H22FN5O4. The Hall–Kier alpha value is -4.34. The average Bonchev–Trinajstić information content (AvgIpc) is 3.32. The van der Waals surface area contributed by atoms with Gasteiger partial charge in [0.2, 0.25) is 5.91 Å². The van der Waals surface area contributed by atoms with E-state index in [0.29, 0.717) is 41.0 Å². The van der Waals surface area contributed by atoms with Crippen LogP contribution in [0.4, 0.5) is 4.39 Å². The lowest BCUT2D eigenvalue weighted by atomic mass is 10.1. The molecule has 34 heavy (non-hydrogen) atoms. The number of rotatable bonds is 7. The Labute approximate surface area is 193 Å². The Kier molecular flexibility index (Phi) is 6.77. The van der Waals surface area contributed by atoms with E-state index in [9.17, 15) is 18.8 Å². The highest BCUT2D eigenvalue weighted by molar-refractivity contribution is 6.05. The normalized spacial score (nSPS) is 10.9. The predicted octanol–water partition coefficient (Wildman–Crippen LogP) is 2.99. The summed E-state index contributed by atoms with van der Waals surface area (Å²) in [7, 11) is 0. The Morgan fingerprint density at radius 2 is 1.79 bits per heavy atom. The van der Waals surface area contributed by atoms with Gasteiger partial charge in [-0.15, -0.1) is 0 Å². The van der Waals surface area contributed by atoms with Crippen LogP contribution in [0, 0.1) is 5.82 Å². The number of nitrogens with one attached hydrogen (secondary N) is 2. The molecule has 2 aromatic carbocycles. The van der Waals surface area contributed by atoms with E-state index >= 15 is 0 Å². The Morgan fingerprint density at radius 1 is 1.06 bits per heavy atom. The van der Waals surface area contributed by atoms with Gasteiger partial charge < -0.3 is 4.42 Å². The number of hydrazine groups is 1. The molecule has 0 radical (unpaired) electrons. The largest absolute Gasteiger partial charge is 0.441 e. The molecule has 0 aliphatic heterocycles. The first-order valence-electron chi connectivity index (χ1n) is 10.8. The van der Waals surface area contributed by atoms with Gasteiger partial charge in [-0.05, 0) is 36.8 Å². The zero-order chi connectivity index (χ0) is 24.1. The van der Waals surface area contributed by atoms with Gasteiger partial charge in [0.1, 0.15) is 5.82 Å². The molecule has 2 aromatic heterocycles. The molecule has 0 saturated carbocycles. The molecule has 4 rings (SSSR count). The van der Waals surface area contributed by atoms with Crippen molar-refractivity contribution in [2.24, 2.45) is 0 Å². The van der Waals surface area contributed by atoms with Gasteiger partial charge in [0.15, 0.2) is 17.3 Å². The van der Waals surface area contributed by atoms with Crippen molar-refractivity contribution in [2.75, 3.05) is 0 Å². The maximum Gasteiger partial charge on any atom is 0.290 e. The van der Waals surface area contributed by atoms with E-state index in [-0.39, 0.29) is 29.9 Å². The average molecular weight is 463 g/mol. The summed E-state index contributed by atoms with van der Waals surface area (Å²) in [5, 5.41) is 4.97. The van der Waals surface area contributed by atoms with Crippen LogP contribution in [0.15, 0.2) is 63.9 Å². The number of amides is 2. The number of carbonyl (C=O) groups excluding carboxylic acids is 2. The van der Waals surface area contributed by atoms with E-state index < -0.39 is 11.8 Å². The van der Waals surface area contributed by atoms with Crippen molar-refractivity contribution < 1.29 is 18.4 Å². The molecule has 9 nitrogen and oxygen atoms in total. The van der Waals surface area contributed by atoms with Crippen molar-refractivity contribution in [2.45, 2.75) is 32.7 Å². The maximum absolute atomic E-state index is 13.1. The second kappa shape index (κ2) is 10.1. The van der Waals surface area contributed by atoms with Gasteiger partial charge in [0, 0.05) is 30.3 Å². The quantitative estimate of drug-likeness (QED) is 0.407. The van der Waals surface area contributed by atoms with Gasteiger partial charge in [0.25, 0.3) is 11.5 Å². The van der Waals surface area contributed by atoms with E-state index in [1.54, 1.807) is 36.4 Å². The molecule has 0 atom stereocenters. The van der Waals surface area contributed by atoms with Crippen LogP contribution in [0.2, 0.25) is 0 Å². The number of hydrogen-bond acceptors (Lipinski definition) is 6. The van der Waals surface area contributed by atoms with Crippen molar-refractivity contribution in [1.82, 2.24) is 25.6 Å². The molecule has 0 aliphatic rings. The molecule has 2 heterocycles. The molecule has 0 saturated heterocycles. The van der Waals surface area contributed by atoms with Gasteiger partial charge >= 0.3 is 0 Å². The highest BCUT2D eigenvalue weighted by atomic mass is 19.1. The summed E-state index contributed by atoms with van der Waals surface area (Å²) < 4.78 is 19.9. The molecule has 174 valence electrons. The highest BCUT2D eigenvalue weighted by Gasteiger charge is 2.17. The molecule has 0 spiro atoms. The molecule has 0 unspecified atom stereocenters. The molecule has 0 bridgehead atoms. The van der Waals surface area contributed by atoms with Crippen molar-refractivity contribution in [3.05, 3.63) is 82.5 Å². The van der Waals surface area contributed by atoms with Gasteiger partial charge in [0.05, 0.1) is 11.6 Å². The zero-order valence-corrected chi connectivity index (χ0v) is 18.4. The molecule has 0 fully saturated rings. The molecular weight excluding hydrogens is 441 g/mol. The van der Waals surface area contributed by atoms with Crippen LogP contribution in [0.5, 0.6) is 0 Å². The first-order valence-corrected chi connectivity index (χ1v) is 10.8. The van der Waals surface area contributed by atoms with Crippen molar-refractivity contribution in [3.8, 4) is 11.3 Å². The number of fused-ring (bicyclic) bond motifs is 1. The fraction of sp³-hybridized carbons (Fsp3) is 0.208. The number of carbonyl (C=O) groups is 2. The SMILES string of the molecule is CCCn1nc(C(=O)NNC(=O)CCc2ncc(-c3ccc(F)cc3)o2)c2ccccc2c1=O. The smallest absolute Gasteiger partial charge is 0.290 e. The fourth-order valence-electron chi connectivity index (χ4n) is 3.41. The maximum atomic E-state index is 13.1. The number of aryl methyl sites for hydroxylation is 2. The Bertz CT molecular complexity index is 1390. The fourth-order valence-corrected chi connectivity index (χ4v) is 3.41. The number of halogens is 1. The summed E-state index contributed by atoms with van der Waals surface area (Å²) in [4.78, 5) is 41.7. The summed E-state index contributed by atoms with van der Waals surface area (Å²) in [6.07, 6.45) is 2.38. The third-order valence-electron chi connectivity index (χ3n) is 5.08. The standard InChI is InChI=1S/C24H22FN5O4/c1-2-13-30-24(33)18-6-4-3-5-17(18)22(29-30)23(32)28-27-20(31)11-12-21-26-14-19(34-21)15-7-9-16(25)10-8-15/h3-10,14H,2,11-13H2,1H3,(H,27,31)(H,28,32). The third kappa shape index (κ3) is 5.01. The lowest BCUT2D eigenvalue weighted by Gasteiger charge is -2.11. The van der Waals surface area contributed by atoms with Gasteiger partial charge in [-0.1, -0.05) is 25.1 Å². The number of benzene rings is 2. The van der Waals surface area contributed by atoms with E-state index in [4.69, 9.17) is 4.42 Å². The lowest BCUT2D eigenvalue weighted by Crippen LogP contribution is -2.43. The summed E-state index contributed by atoms with van der Waals surface area (Å²) in [5.41, 5.74) is 5.13. The second-order valence-corrected chi connectivity index (χ2v) is 7.55. The van der Waals surface area contributed by atoms with Crippen LogP contribution < -0.4 is 16.4 Å². The summed E-state index contributed by atoms with van der Waals surface area (Å²) >= 11 is 0. The number of hydrogen-bond donors (Lipinski definition) is 2. The van der Waals surface area contributed by atoms with Gasteiger partial charge in [-0.3, -0.25) is 25.2 Å². The predicted molar refractivity (Wildman–Crippen MR) is 122 cm³/mol. The van der Waals surface area contributed by atoms with Gasteiger partial charge in [-0.2, -0.15) is 5.10 Å². The molecule has 2 amide bonds. The number of oxazole rings is 1. The van der Waals surface area contributed by atoms with Crippen LogP contribution in [0.1, 0.15) is 36.1 Å². The lowest BCUT2D eigenvalue weighted by molar-refractivity contribution is -0.121. The van der Waals surface area contributed by atoms with Crippen LogP contribution in [-0.4, -0.2) is 26.6 Å². The van der Waals surface area contributed by atoms with E-state index in [1.165, 1.54) is 23.0 Å². The summed E-state index contributed by atoms with van der Waals surface area (Å²) in [5.74, 6) is -0.649. The minimum Gasteiger partial charge on any atom is -0.441 e. The third-order valence-corrected chi connectivity index (χ3v) is 5.08. The summed E-state index contributed by atoms with van der Waals surface area (Å²) in [6, 6.07) is 12.5. The van der Waals surface area contributed by atoms with Crippen LogP contribution in [-0.2, 0) is 17.8 Å². The van der Waals surface area contributed by atoms with Crippen LogP contribution in [0.3, 0.4) is 0 Å². The Morgan fingerprint density at radius 3 is 2.53 bits per heavy atom. The minimum atomic E-state index is -0.635. The molecule has 10 heteroatoms. The van der Waals surface area contributed by atoms with Crippen molar-refractivity contribution in [3.63, 3.8) is 0 Å². The monoisotopic (exact) mass is 463 g/mol. The topological polar surface area (TPSA) is 119 Å². The van der Waals surface area contributed by atoms with Crippen molar-refractivity contribution >= 4 is 22.6 Å². The van der Waals surface area contributed by atoms with Crippen molar-refractivity contribution in [1.29, 1.82) is 0 Å². The molecule has 2 N–H and O–H groups in total. The highest BCUT2D eigenvalue weighted by Crippen LogP contribution is 2.21. The first kappa shape index (κ1) is 22.8. The van der Waals surface area contributed by atoms with E-state index in [2.05, 4.69) is 20.9 Å². The Balaban J connectivity index is 1.38.